The number of amides is 1. The third-order valence-corrected chi connectivity index (χ3v) is 4.34. The summed E-state index contributed by atoms with van der Waals surface area (Å²) in [7, 11) is 1.27. The quantitative estimate of drug-likeness (QED) is 0.741. The third kappa shape index (κ3) is 3.70. The molecule has 27 heavy (non-hydrogen) atoms. The van der Waals surface area contributed by atoms with E-state index in [1.54, 1.807) is 0 Å². The minimum Gasteiger partial charge on any atom is -0.466 e. The second-order valence-electron chi connectivity index (χ2n) is 6.31. The first-order valence-electron chi connectivity index (χ1n) is 8.57. The van der Waals surface area contributed by atoms with E-state index in [1.807, 2.05) is 48.9 Å². The number of benzene rings is 1. The number of aliphatic hydroxyl groups excluding tert-OH is 1. The molecule has 0 unspecified atom stereocenters. The highest BCUT2D eigenvalue weighted by molar-refractivity contribution is 6.08. The monoisotopic (exact) mass is 370 g/mol. The lowest BCUT2D eigenvalue weighted by molar-refractivity contribution is -0.136. The van der Waals surface area contributed by atoms with Crippen LogP contribution in [0.5, 0.6) is 0 Å². The molecule has 1 amide bonds. The SMILES string of the molecule is COC(=O)C1=C(Nc2ccc(-n3nc(C)cc3C)cc2)C(=O)N(CCO)C1. The van der Waals surface area contributed by atoms with Crippen LogP contribution in [0.1, 0.15) is 11.4 Å². The Labute approximate surface area is 157 Å². The van der Waals surface area contributed by atoms with E-state index in [1.165, 1.54) is 12.0 Å². The van der Waals surface area contributed by atoms with Gasteiger partial charge in [0, 0.05) is 17.9 Å². The van der Waals surface area contributed by atoms with Gasteiger partial charge in [0.2, 0.25) is 0 Å². The van der Waals surface area contributed by atoms with Gasteiger partial charge in [-0.25, -0.2) is 9.48 Å². The zero-order chi connectivity index (χ0) is 19.6. The minimum atomic E-state index is -0.564. The summed E-state index contributed by atoms with van der Waals surface area (Å²) in [6.07, 6.45) is 0. The minimum absolute atomic E-state index is 0.109. The normalized spacial score (nSPS) is 14.1. The molecule has 8 heteroatoms. The maximum absolute atomic E-state index is 12.5. The molecule has 0 aliphatic carbocycles. The average molecular weight is 370 g/mol. The summed E-state index contributed by atoms with van der Waals surface area (Å²) in [6, 6.07) is 9.38. The highest BCUT2D eigenvalue weighted by Crippen LogP contribution is 2.23. The second kappa shape index (κ2) is 7.63. The van der Waals surface area contributed by atoms with Crippen molar-refractivity contribution < 1.29 is 19.4 Å². The number of methoxy groups -OCH3 is 1. The number of ether oxygens (including phenoxy) is 1. The number of carbonyl (C=O) groups excluding carboxylic acids is 2. The first-order valence-corrected chi connectivity index (χ1v) is 8.57. The van der Waals surface area contributed by atoms with Crippen LogP contribution in [-0.4, -0.2) is 58.5 Å². The van der Waals surface area contributed by atoms with E-state index in [-0.39, 0.29) is 36.9 Å². The number of aryl methyl sites for hydroxylation is 2. The van der Waals surface area contributed by atoms with Crippen LogP contribution >= 0.6 is 0 Å². The molecule has 0 radical (unpaired) electrons. The smallest absolute Gasteiger partial charge is 0.337 e. The molecule has 1 aliphatic heterocycles. The van der Waals surface area contributed by atoms with E-state index >= 15 is 0 Å². The number of anilines is 1. The summed E-state index contributed by atoms with van der Waals surface area (Å²) >= 11 is 0. The molecule has 0 atom stereocenters. The molecule has 2 aromatic rings. The Bertz CT molecular complexity index is 899. The molecule has 0 saturated carbocycles. The Morgan fingerprint density at radius 2 is 2.00 bits per heavy atom. The predicted molar refractivity (Wildman–Crippen MR) is 99.4 cm³/mol. The van der Waals surface area contributed by atoms with Crippen molar-refractivity contribution >= 4 is 17.6 Å². The molecule has 1 aromatic carbocycles. The van der Waals surface area contributed by atoms with Crippen LogP contribution in [0.2, 0.25) is 0 Å². The molecule has 0 saturated heterocycles. The van der Waals surface area contributed by atoms with Gasteiger partial charge in [-0.15, -0.1) is 0 Å². The summed E-state index contributed by atoms with van der Waals surface area (Å²) < 4.78 is 6.61. The molecular formula is C19H22N4O4. The largest absolute Gasteiger partial charge is 0.466 e. The van der Waals surface area contributed by atoms with Crippen LogP contribution in [0.25, 0.3) is 5.69 Å². The fraction of sp³-hybridized carbons (Fsp3) is 0.316. The molecule has 3 rings (SSSR count). The Kier molecular flexibility index (Phi) is 5.27. The van der Waals surface area contributed by atoms with Crippen molar-refractivity contribution in [3.05, 3.63) is 53.0 Å². The van der Waals surface area contributed by atoms with Crippen molar-refractivity contribution in [1.82, 2.24) is 14.7 Å². The first-order chi connectivity index (χ1) is 12.9. The van der Waals surface area contributed by atoms with Gasteiger partial charge in [-0.05, 0) is 44.2 Å². The van der Waals surface area contributed by atoms with Gasteiger partial charge < -0.3 is 20.1 Å². The Hall–Kier alpha value is -3.13. The number of β-amino-alcohol motifs (C(OH)–C–C–N with tert-alkyl or cyclic N) is 1. The molecule has 0 fully saturated rings. The molecule has 0 bridgehead atoms. The van der Waals surface area contributed by atoms with Crippen LogP contribution < -0.4 is 5.32 Å². The predicted octanol–water partition coefficient (Wildman–Crippen LogP) is 1.16. The summed E-state index contributed by atoms with van der Waals surface area (Å²) in [6.45, 7) is 4.00. The Morgan fingerprint density at radius 3 is 2.56 bits per heavy atom. The highest BCUT2D eigenvalue weighted by atomic mass is 16.5. The topological polar surface area (TPSA) is 96.7 Å². The van der Waals surface area contributed by atoms with Crippen molar-refractivity contribution in [1.29, 1.82) is 0 Å². The standard InChI is InChI=1S/C19H22N4O4/c1-12-10-13(2)23(21-12)15-6-4-14(5-7-15)20-17-16(19(26)27-3)11-22(8-9-24)18(17)25/h4-7,10,20,24H,8-9,11H2,1-3H3. The Balaban J connectivity index is 1.85. The van der Waals surface area contributed by atoms with Gasteiger partial charge in [-0.3, -0.25) is 4.79 Å². The van der Waals surface area contributed by atoms with Gasteiger partial charge in [0.1, 0.15) is 5.70 Å². The van der Waals surface area contributed by atoms with E-state index in [0.717, 1.165) is 17.1 Å². The summed E-state index contributed by atoms with van der Waals surface area (Å²) in [5.41, 5.74) is 3.94. The number of nitrogens with one attached hydrogen (secondary N) is 1. The lowest BCUT2D eigenvalue weighted by Gasteiger charge is -2.15. The highest BCUT2D eigenvalue weighted by Gasteiger charge is 2.34. The van der Waals surface area contributed by atoms with E-state index in [9.17, 15) is 9.59 Å². The zero-order valence-electron chi connectivity index (χ0n) is 15.5. The number of esters is 1. The molecule has 2 heterocycles. The molecule has 0 spiro atoms. The van der Waals surface area contributed by atoms with Crippen LogP contribution in [-0.2, 0) is 14.3 Å². The number of hydrogen-bond donors (Lipinski definition) is 2. The van der Waals surface area contributed by atoms with E-state index in [2.05, 4.69) is 10.4 Å². The number of carbonyl (C=O) groups is 2. The molecule has 142 valence electrons. The fourth-order valence-corrected chi connectivity index (χ4v) is 3.07. The molecule has 1 aromatic heterocycles. The molecule has 1 aliphatic rings. The second-order valence-corrected chi connectivity index (χ2v) is 6.31. The molecule has 8 nitrogen and oxygen atoms in total. The number of aromatic nitrogens is 2. The van der Waals surface area contributed by atoms with Crippen LogP contribution in [0.3, 0.4) is 0 Å². The number of nitrogens with zero attached hydrogens (tertiary/aromatic N) is 3. The summed E-state index contributed by atoms with van der Waals surface area (Å²) in [5, 5.41) is 16.6. The molecular weight excluding hydrogens is 348 g/mol. The lowest BCUT2D eigenvalue weighted by Crippen LogP contribution is -2.31. The zero-order valence-corrected chi connectivity index (χ0v) is 15.5. The van der Waals surface area contributed by atoms with Crippen LogP contribution in [0.4, 0.5) is 5.69 Å². The first kappa shape index (κ1) is 18.7. The van der Waals surface area contributed by atoms with Crippen molar-refractivity contribution in [2.75, 3.05) is 32.1 Å². The van der Waals surface area contributed by atoms with Gasteiger partial charge in [-0.2, -0.15) is 5.10 Å². The number of hydrogen-bond acceptors (Lipinski definition) is 6. The Morgan fingerprint density at radius 1 is 1.30 bits per heavy atom. The van der Waals surface area contributed by atoms with Gasteiger partial charge in [0.25, 0.3) is 5.91 Å². The maximum atomic E-state index is 12.5. The van der Waals surface area contributed by atoms with Gasteiger partial charge in [-0.1, -0.05) is 0 Å². The average Bonchev–Trinajstić information content (AvgIpc) is 3.15. The van der Waals surface area contributed by atoms with E-state index < -0.39 is 5.97 Å². The van der Waals surface area contributed by atoms with Crippen molar-refractivity contribution in [2.24, 2.45) is 0 Å². The third-order valence-electron chi connectivity index (χ3n) is 4.34. The van der Waals surface area contributed by atoms with Gasteiger partial charge in [0.15, 0.2) is 0 Å². The molecule has 2 N–H and O–H groups in total. The number of aliphatic hydroxyl groups is 1. The van der Waals surface area contributed by atoms with Crippen molar-refractivity contribution in [3.63, 3.8) is 0 Å². The lowest BCUT2D eigenvalue weighted by atomic mass is 10.2. The van der Waals surface area contributed by atoms with E-state index in [0.29, 0.717) is 5.69 Å². The fourth-order valence-electron chi connectivity index (χ4n) is 3.07. The van der Waals surface area contributed by atoms with Crippen molar-refractivity contribution in [2.45, 2.75) is 13.8 Å². The van der Waals surface area contributed by atoms with Crippen LogP contribution in [0.15, 0.2) is 41.6 Å². The van der Waals surface area contributed by atoms with Crippen molar-refractivity contribution in [3.8, 4) is 5.69 Å². The van der Waals surface area contributed by atoms with Crippen LogP contribution in [0, 0.1) is 13.8 Å². The number of rotatable bonds is 6. The summed E-state index contributed by atoms with van der Waals surface area (Å²) in [5.74, 6) is -0.905. The summed E-state index contributed by atoms with van der Waals surface area (Å²) in [4.78, 5) is 26.0. The van der Waals surface area contributed by atoms with Gasteiger partial charge >= 0.3 is 5.97 Å². The van der Waals surface area contributed by atoms with Gasteiger partial charge in [0.05, 0.1) is 37.2 Å². The maximum Gasteiger partial charge on any atom is 0.337 e. The van der Waals surface area contributed by atoms with E-state index in [4.69, 9.17) is 9.84 Å².